The molecule has 3 rings (SSSR count). The number of thioether (sulfide) groups is 1. The Bertz CT molecular complexity index is 377. The molecular weight excluding hydrogens is 214 g/mol. The summed E-state index contributed by atoms with van der Waals surface area (Å²) in [5, 5.41) is 0.853. The van der Waals surface area contributed by atoms with Crippen molar-refractivity contribution in [2.24, 2.45) is 0 Å². The molecule has 0 bridgehead atoms. The molecule has 0 spiro atoms. The fourth-order valence-corrected chi connectivity index (χ4v) is 4.58. The van der Waals surface area contributed by atoms with Crippen molar-refractivity contribution in [2.75, 3.05) is 11.9 Å². The summed E-state index contributed by atoms with van der Waals surface area (Å²) in [7, 11) is 2.29. The van der Waals surface area contributed by atoms with Crippen molar-refractivity contribution in [1.82, 2.24) is 0 Å². The molecule has 1 fully saturated rings. The van der Waals surface area contributed by atoms with E-state index in [4.69, 9.17) is 0 Å². The third kappa shape index (κ3) is 1.73. The van der Waals surface area contributed by atoms with Crippen LogP contribution in [0.1, 0.15) is 31.2 Å². The highest BCUT2D eigenvalue weighted by atomic mass is 32.2. The average Bonchev–Trinajstić information content (AvgIpc) is 2.49. The molecule has 0 saturated heterocycles. The summed E-state index contributed by atoms with van der Waals surface area (Å²) in [6.45, 7) is 0. The molecule has 0 amide bonds. The monoisotopic (exact) mass is 233 g/mol. The Hall–Kier alpha value is -0.630. The summed E-state index contributed by atoms with van der Waals surface area (Å²) in [6.07, 6.45) is 5.63. The summed E-state index contributed by atoms with van der Waals surface area (Å²) in [5.74, 6) is 1.20. The first-order chi connectivity index (χ1) is 7.86. The Balaban J connectivity index is 1.96. The number of rotatable bonds is 0. The predicted octanol–water partition coefficient (Wildman–Crippen LogP) is 3.68. The Morgan fingerprint density at radius 3 is 2.94 bits per heavy atom. The minimum absolute atomic E-state index is 0.766. The third-order valence-electron chi connectivity index (χ3n) is 3.99. The van der Waals surface area contributed by atoms with Crippen LogP contribution in [0, 0.1) is 0 Å². The lowest BCUT2D eigenvalue weighted by Crippen LogP contribution is -2.41. The SMILES string of the molecule is CN1c2ccccc2CSC2CCCCC21. The molecule has 1 aliphatic heterocycles. The van der Waals surface area contributed by atoms with Gasteiger partial charge in [-0.15, -0.1) is 0 Å². The maximum absolute atomic E-state index is 2.54. The molecule has 1 nitrogen and oxygen atoms in total. The number of benzene rings is 1. The van der Waals surface area contributed by atoms with Crippen molar-refractivity contribution in [2.45, 2.75) is 42.7 Å². The molecular formula is C14H19NS. The highest BCUT2D eigenvalue weighted by molar-refractivity contribution is 7.99. The predicted molar refractivity (Wildman–Crippen MR) is 72.2 cm³/mol. The van der Waals surface area contributed by atoms with E-state index in [0.29, 0.717) is 0 Å². The van der Waals surface area contributed by atoms with Gasteiger partial charge < -0.3 is 4.90 Å². The van der Waals surface area contributed by atoms with Gasteiger partial charge in [0.1, 0.15) is 0 Å². The van der Waals surface area contributed by atoms with Crippen molar-refractivity contribution < 1.29 is 0 Å². The lowest BCUT2D eigenvalue weighted by Gasteiger charge is -2.37. The largest absolute Gasteiger partial charge is 0.370 e. The molecule has 1 heterocycles. The zero-order chi connectivity index (χ0) is 11.0. The second-order valence-corrected chi connectivity index (χ2v) is 6.17. The van der Waals surface area contributed by atoms with E-state index in [-0.39, 0.29) is 0 Å². The van der Waals surface area contributed by atoms with Crippen LogP contribution in [0.2, 0.25) is 0 Å². The number of fused-ring (bicyclic) bond motifs is 2. The summed E-state index contributed by atoms with van der Waals surface area (Å²) in [6, 6.07) is 9.68. The Labute approximate surface area is 102 Å². The van der Waals surface area contributed by atoms with E-state index in [0.717, 1.165) is 11.3 Å². The maximum atomic E-state index is 2.54. The number of nitrogens with zero attached hydrogens (tertiary/aromatic N) is 1. The van der Waals surface area contributed by atoms with Crippen LogP contribution in [-0.2, 0) is 5.75 Å². The number of hydrogen-bond acceptors (Lipinski definition) is 2. The van der Waals surface area contributed by atoms with Crippen LogP contribution in [0.5, 0.6) is 0 Å². The van der Waals surface area contributed by atoms with E-state index in [1.165, 1.54) is 42.7 Å². The van der Waals surface area contributed by atoms with Crippen LogP contribution < -0.4 is 4.90 Å². The molecule has 2 heteroatoms. The highest BCUT2D eigenvalue weighted by Crippen LogP contribution is 2.40. The fraction of sp³-hybridized carbons (Fsp3) is 0.571. The zero-order valence-corrected chi connectivity index (χ0v) is 10.7. The van der Waals surface area contributed by atoms with Gasteiger partial charge in [-0.25, -0.2) is 0 Å². The Morgan fingerprint density at radius 1 is 1.19 bits per heavy atom. The van der Waals surface area contributed by atoms with Crippen LogP contribution in [-0.4, -0.2) is 18.3 Å². The second kappa shape index (κ2) is 4.33. The van der Waals surface area contributed by atoms with Gasteiger partial charge in [0.05, 0.1) is 0 Å². The number of para-hydroxylation sites is 1. The normalized spacial score (nSPS) is 29.2. The van der Waals surface area contributed by atoms with Crippen molar-refractivity contribution in [3.63, 3.8) is 0 Å². The Morgan fingerprint density at radius 2 is 2.00 bits per heavy atom. The van der Waals surface area contributed by atoms with Crippen LogP contribution in [0.15, 0.2) is 24.3 Å². The highest BCUT2D eigenvalue weighted by Gasteiger charge is 2.31. The summed E-state index contributed by atoms with van der Waals surface area (Å²) < 4.78 is 0. The van der Waals surface area contributed by atoms with Crippen LogP contribution in [0.25, 0.3) is 0 Å². The first-order valence-electron chi connectivity index (χ1n) is 6.28. The van der Waals surface area contributed by atoms with Gasteiger partial charge in [0.25, 0.3) is 0 Å². The molecule has 1 aliphatic carbocycles. The van der Waals surface area contributed by atoms with Gasteiger partial charge in [0.15, 0.2) is 0 Å². The first-order valence-corrected chi connectivity index (χ1v) is 7.33. The molecule has 0 radical (unpaired) electrons. The van der Waals surface area contributed by atoms with Gasteiger partial charge in [-0.1, -0.05) is 31.0 Å². The van der Waals surface area contributed by atoms with Crippen LogP contribution in [0.3, 0.4) is 0 Å². The molecule has 2 unspecified atom stereocenters. The van der Waals surface area contributed by atoms with Crippen molar-refractivity contribution >= 4 is 17.4 Å². The molecule has 1 aromatic carbocycles. The fourth-order valence-electron chi connectivity index (χ4n) is 3.07. The average molecular weight is 233 g/mol. The molecule has 0 aromatic heterocycles. The minimum Gasteiger partial charge on any atom is -0.370 e. The smallest absolute Gasteiger partial charge is 0.0407 e. The van der Waals surface area contributed by atoms with Gasteiger partial charge in [0.2, 0.25) is 0 Å². The molecule has 1 aromatic rings. The number of hydrogen-bond donors (Lipinski definition) is 0. The molecule has 2 atom stereocenters. The van der Waals surface area contributed by atoms with Crippen molar-refractivity contribution in [3.05, 3.63) is 29.8 Å². The molecule has 2 aliphatic rings. The van der Waals surface area contributed by atoms with Gasteiger partial charge in [-0.3, -0.25) is 0 Å². The van der Waals surface area contributed by atoms with E-state index in [2.05, 4.69) is 48.0 Å². The number of anilines is 1. The van der Waals surface area contributed by atoms with Crippen LogP contribution in [0.4, 0.5) is 5.69 Å². The van der Waals surface area contributed by atoms with E-state index in [1.54, 1.807) is 0 Å². The quantitative estimate of drug-likeness (QED) is 0.672. The Kier molecular flexibility index (Phi) is 2.84. The third-order valence-corrected chi connectivity index (χ3v) is 5.45. The lowest BCUT2D eigenvalue weighted by molar-refractivity contribution is 0.440. The van der Waals surface area contributed by atoms with Crippen molar-refractivity contribution in [3.8, 4) is 0 Å². The first kappa shape index (κ1) is 10.5. The molecule has 0 N–H and O–H groups in total. The van der Waals surface area contributed by atoms with Gasteiger partial charge in [-0.2, -0.15) is 11.8 Å². The van der Waals surface area contributed by atoms with E-state index >= 15 is 0 Å². The summed E-state index contributed by atoms with van der Waals surface area (Å²) >= 11 is 2.17. The van der Waals surface area contributed by atoms with Crippen LogP contribution >= 0.6 is 11.8 Å². The lowest BCUT2D eigenvalue weighted by atomic mass is 9.93. The summed E-state index contributed by atoms with van der Waals surface area (Å²) in [5.41, 5.74) is 2.98. The minimum atomic E-state index is 0.766. The topological polar surface area (TPSA) is 3.24 Å². The zero-order valence-electron chi connectivity index (χ0n) is 9.86. The second-order valence-electron chi connectivity index (χ2n) is 4.94. The van der Waals surface area contributed by atoms with E-state index in [9.17, 15) is 0 Å². The van der Waals surface area contributed by atoms with Crippen molar-refractivity contribution in [1.29, 1.82) is 0 Å². The maximum Gasteiger partial charge on any atom is 0.0407 e. The molecule has 86 valence electrons. The molecule has 16 heavy (non-hydrogen) atoms. The van der Waals surface area contributed by atoms with Gasteiger partial charge in [0, 0.05) is 29.8 Å². The summed E-state index contributed by atoms with van der Waals surface area (Å²) in [4.78, 5) is 2.54. The standard InChI is InChI=1S/C14H19NS/c1-15-12-7-3-2-6-11(12)10-16-14-9-5-4-8-13(14)15/h2-3,6-7,13-14H,4-5,8-10H2,1H3. The van der Waals surface area contributed by atoms with Gasteiger partial charge >= 0.3 is 0 Å². The van der Waals surface area contributed by atoms with E-state index in [1.807, 2.05) is 0 Å². The van der Waals surface area contributed by atoms with E-state index < -0.39 is 0 Å². The molecule has 1 saturated carbocycles. The van der Waals surface area contributed by atoms with Gasteiger partial charge in [-0.05, 0) is 24.5 Å².